The van der Waals surface area contributed by atoms with Crippen molar-refractivity contribution >= 4 is 0 Å². The van der Waals surface area contributed by atoms with E-state index in [0.717, 1.165) is 32.2 Å². The number of aromatic nitrogens is 1. The highest BCUT2D eigenvalue weighted by atomic mass is 19.4. The van der Waals surface area contributed by atoms with Gasteiger partial charge >= 0.3 is 6.18 Å². The van der Waals surface area contributed by atoms with Crippen molar-refractivity contribution in [3.05, 3.63) is 62.8 Å². The van der Waals surface area contributed by atoms with Gasteiger partial charge in [0.25, 0.3) is 0 Å². The third-order valence-electron chi connectivity index (χ3n) is 5.73. The number of ether oxygens (including phenoxy) is 2. The van der Waals surface area contributed by atoms with Gasteiger partial charge in [-0.25, -0.2) is 8.78 Å². The van der Waals surface area contributed by atoms with Crippen molar-refractivity contribution in [3.8, 4) is 5.75 Å². The fourth-order valence-corrected chi connectivity index (χ4v) is 3.95. The van der Waals surface area contributed by atoms with E-state index in [9.17, 15) is 31.1 Å². The van der Waals surface area contributed by atoms with Crippen molar-refractivity contribution in [2.75, 3.05) is 7.11 Å². The second-order valence-electron chi connectivity index (χ2n) is 7.49. The maximum absolute atomic E-state index is 14.7. The minimum absolute atomic E-state index is 0.136. The number of rotatable bonds is 3. The Bertz CT molecular complexity index is 1030. The average Bonchev–Trinajstić information content (AvgIpc) is 2.92. The van der Waals surface area contributed by atoms with E-state index in [-0.39, 0.29) is 11.3 Å². The first kappa shape index (κ1) is 22.2. The Morgan fingerprint density at radius 3 is 2.37 bits per heavy atom. The molecule has 1 aliphatic heterocycles. The SMILES string of the molecule is COc1c([C@H]2[C@H](c3[nH]c(C)cc(=O)c3F)O[C@@](C)(C(F)(F)F)[C@H]2C)ccc(F)c1F. The van der Waals surface area contributed by atoms with Crippen LogP contribution in [0.4, 0.5) is 26.3 Å². The van der Waals surface area contributed by atoms with Crippen LogP contribution in [0.2, 0.25) is 0 Å². The predicted octanol–water partition coefficient (Wildman–Crippen LogP) is 4.92. The van der Waals surface area contributed by atoms with E-state index in [4.69, 9.17) is 9.47 Å². The van der Waals surface area contributed by atoms with Gasteiger partial charge in [-0.3, -0.25) is 4.79 Å². The van der Waals surface area contributed by atoms with Gasteiger partial charge < -0.3 is 14.5 Å². The molecule has 0 amide bonds. The van der Waals surface area contributed by atoms with Gasteiger partial charge in [-0.1, -0.05) is 13.0 Å². The number of methoxy groups -OCH3 is 1. The van der Waals surface area contributed by atoms with Gasteiger partial charge in [0.1, 0.15) is 6.10 Å². The van der Waals surface area contributed by atoms with Gasteiger partial charge in [-0.15, -0.1) is 0 Å². The average molecular weight is 435 g/mol. The number of hydrogen-bond donors (Lipinski definition) is 1. The molecule has 0 unspecified atom stereocenters. The number of aryl methyl sites for hydroxylation is 1. The summed E-state index contributed by atoms with van der Waals surface area (Å²) >= 11 is 0. The molecule has 0 spiro atoms. The maximum Gasteiger partial charge on any atom is 0.417 e. The summed E-state index contributed by atoms with van der Waals surface area (Å²) < 4.78 is 94.6. The molecule has 2 heterocycles. The highest BCUT2D eigenvalue weighted by molar-refractivity contribution is 5.42. The molecule has 4 nitrogen and oxygen atoms in total. The quantitative estimate of drug-likeness (QED) is 0.697. The zero-order chi connectivity index (χ0) is 22.6. The van der Waals surface area contributed by atoms with Crippen molar-refractivity contribution < 1.29 is 35.8 Å². The Kier molecular flexibility index (Phi) is 5.43. The number of hydrogen-bond acceptors (Lipinski definition) is 3. The van der Waals surface area contributed by atoms with Crippen molar-refractivity contribution in [1.29, 1.82) is 0 Å². The topological polar surface area (TPSA) is 51.3 Å². The van der Waals surface area contributed by atoms with E-state index in [1.807, 2.05) is 0 Å². The molecule has 2 aromatic rings. The number of halogens is 6. The van der Waals surface area contributed by atoms with Crippen LogP contribution in [0.3, 0.4) is 0 Å². The van der Waals surface area contributed by atoms with Crippen LogP contribution < -0.4 is 10.2 Å². The second-order valence-corrected chi connectivity index (χ2v) is 7.49. The molecule has 0 saturated carbocycles. The molecule has 0 aliphatic carbocycles. The van der Waals surface area contributed by atoms with E-state index in [1.54, 1.807) is 0 Å². The van der Waals surface area contributed by atoms with Crippen molar-refractivity contribution in [2.45, 2.75) is 44.6 Å². The van der Waals surface area contributed by atoms with Gasteiger partial charge in [0.2, 0.25) is 11.2 Å². The van der Waals surface area contributed by atoms with Gasteiger partial charge in [0.15, 0.2) is 23.0 Å². The lowest BCUT2D eigenvalue weighted by Crippen LogP contribution is -2.46. The molecule has 164 valence electrons. The smallest absolute Gasteiger partial charge is 0.417 e. The molecule has 4 atom stereocenters. The predicted molar refractivity (Wildman–Crippen MR) is 94.9 cm³/mol. The molecule has 10 heteroatoms. The van der Waals surface area contributed by atoms with Gasteiger partial charge in [0, 0.05) is 29.2 Å². The molecule has 0 radical (unpaired) electrons. The Labute approximate surface area is 167 Å². The summed E-state index contributed by atoms with van der Waals surface area (Å²) in [5.41, 5.74) is -4.23. The third-order valence-corrected chi connectivity index (χ3v) is 5.73. The molecular weight excluding hydrogens is 416 g/mol. The lowest BCUT2D eigenvalue weighted by atomic mass is 9.76. The summed E-state index contributed by atoms with van der Waals surface area (Å²) in [6.45, 7) is 3.44. The van der Waals surface area contributed by atoms with Crippen LogP contribution in [0, 0.1) is 30.3 Å². The number of nitrogens with one attached hydrogen (secondary N) is 1. The maximum atomic E-state index is 14.7. The van der Waals surface area contributed by atoms with Gasteiger partial charge in [-0.2, -0.15) is 17.6 Å². The molecule has 1 aliphatic rings. The van der Waals surface area contributed by atoms with E-state index in [1.165, 1.54) is 13.8 Å². The number of pyridine rings is 1. The minimum Gasteiger partial charge on any atom is -0.493 e. The van der Waals surface area contributed by atoms with Crippen LogP contribution in [0.15, 0.2) is 23.0 Å². The molecule has 1 saturated heterocycles. The third kappa shape index (κ3) is 3.27. The van der Waals surface area contributed by atoms with Crippen molar-refractivity contribution in [3.63, 3.8) is 0 Å². The van der Waals surface area contributed by atoms with Crippen molar-refractivity contribution in [1.82, 2.24) is 4.98 Å². The Balaban J connectivity index is 2.30. The molecule has 1 fully saturated rings. The number of alkyl halides is 3. The van der Waals surface area contributed by atoms with E-state index in [0.29, 0.717) is 0 Å². The largest absolute Gasteiger partial charge is 0.493 e. The Morgan fingerprint density at radius 2 is 1.80 bits per heavy atom. The molecule has 3 rings (SSSR count). The van der Waals surface area contributed by atoms with Crippen LogP contribution in [0.25, 0.3) is 0 Å². The summed E-state index contributed by atoms with van der Waals surface area (Å²) in [7, 11) is 1.04. The normalized spacial score (nSPS) is 26.8. The monoisotopic (exact) mass is 435 g/mol. The number of H-pyrrole nitrogens is 1. The first-order valence-corrected chi connectivity index (χ1v) is 8.99. The van der Waals surface area contributed by atoms with Crippen molar-refractivity contribution in [2.24, 2.45) is 5.92 Å². The second kappa shape index (κ2) is 7.33. The van der Waals surface area contributed by atoms with Gasteiger partial charge in [0.05, 0.1) is 12.8 Å². The number of aromatic amines is 1. The lowest BCUT2D eigenvalue weighted by Gasteiger charge is -2.32. The molecule has 1 aromatic carbocycles. The minimum atomic E-state index is -4.87. The fourth-order valence-electron chi connectivity index (χ4n) is 3.95. The van der Waals surface area contributed by atoms with E-state index in [2.05, 4.69) is 4.98 Å². The molecular formula is C20H19F6NO3. The molecule has 1 aromatic heterocycles. The molecule has 0 bridgehead atoms. The summed E-state index contributed by atoms with van der Waals surface area (Å²) in [4.78, 5) is 14.5. The fraction of sp³-hybridized carbons (Fsp3) is 0.450. The standard InChI is InChI=1S/C20H19F6NO3/c1-8-7-12(28)15(23)16(27-8)18-13(9(2)19(3,30-18)20(24,25)26)10-5-6-11(21)14(22)17(10)29-4/h5-7,9,13,18H,1-4H3,(H,27,28)/t9-,13-,18+,19+/m0/s1. The Hall–Kier alpha value is -2.49. The first-order chi connectivity index (χ1) is 13.8. The zero-order valence-corrected chi connectivity index (χ0v) is 16.5. The lowest BCUT2D eigenvalue weighted by molar-refractivity contribution is -0.275. The van der Waals surface area contributed by atoms with Crippen LogP contribution >= 0.6 is 0 Å². The first-order valence-electron chi connectivity index (χ1n) is 8.99. The highest BCUT2D eigenvalue weighted by Crippen LogP contribution is 2.59. The number of benzene rings is 1. The van der Waals surface area contributed by atoms with Crippen LogP contribution in [-0.4, -0.2) is 23.9 Å². The Morgan fingerprint density at radius 1 is 1.17 bits per heavy atom. The summed E-state index contributed by atoms with van der Waals surface area (Å²) in [5, 5.41) is 0. The summed E-state index contributed by atoms with van der Waals surface area (Å²) in [5.74, 6) is -7.25. The zero-order valence-electron chi connectivity index (χ0n) is 16.5. The van der Waals surface area contributed by atoms with Crippen LogP contribution in [0.5, 0.6) is 5.75 Å². The van der Waals surface area contributed by atoms with E-state index >= 15 is 0 Å². The molecule has 30 heavy (non-hydrogen) atoms. The molecule has 1 N–H and O–H groups in total. The highest BCUT2D eigenvalue weighted by Gasteiger charge is 2.65. The van der Waals surface area contributed by atoms with Crippen LogP contribution in [-0.2, 0) is 4.74 Å². The van der Waals surface area contributed by atoms with Gasteiger partial charge in [-0.05, 0) is 19.9 Å². The van der Waals surface area contributed by atoms with Crippen LogP contribution in [0.1, 0.15) is 42.8 Å². The van der Waals surface area contributed by atoms with E-state index < -0.39 is 64.0 Å². The summed E-state index contributed by atoms with van der Waals surface area (Å²) in [6.07, 6.45) is -6.51. The summed E-state index contributed by atoms with van der Waals surface area (Å²) in [6, 6.07) is 2.77.